The van der Waals surface area contributed by atoms with Crippen molar-refractivity contribution in [2.75, 3.05) is 20.3 Å². The van der Waals surface area contributed by atoms with E-state index in [1.165, 1.54) is 22.3 Å². The van der Waals surface area contributed by atoms with Gasteiger partial charge < -0.3 is 9.47 Å². The first-order chi connectivity index (χ1) is 7.15. The molecule has 0 saturated carbocycles. The van der Waals surface area contributed by atoms with Crippen molar-refractivity contribution >= 4 is 0 Å². The molecular formula is C13H20O2. The van der Waals surface area contributed by atoms with E-state index < -0.39 is 0 Å². The minimum absolute atomic E-state index is 0.656. The summed E-state index contributed by atoms with van der Waals surface area (Å²) in [4.78, 5) is 0. The number of methoxy groups -OCH3 is 1. The molecular weight excluding hydrogens is 188 g/mol. The van der Waals surface area contributed by atoms with Crippen LogP contribution in [0.1, 0.15) is 22.3 Å². The Morgan fingerprint density at radius 2 is 1.60 bits per heavy atom. The van der Waals surface area contributed by atoms with E-state index in [0.717, 1.165) is 0 Å². The van der Waals surface area contributed by atoms with Crippen molar-refractivity contribution in [1.29, 1.82) is 0 Å². The molecule has 2 heteroatoms. The summed E-state index contributed by atoms with van der Waals surface area (Å²) in [6, 6.07) is 4.42. The lowest BCUT2D eigenvalue weighted by Crippen LogP contribution is -2.03. The number of aryl methyl sites for hydroxylation is 3. The monoisotopic (exact) mass is 208 g/mol. The molecule has 1 rings (SSSR count). The fraction of sp³-hybridized carbons (Fsp3) is 0.538. The lowest BCUT2D eigenvalue weighted by Gasteiger charge is -2.10. The van der Waals surface area contributed by atoms with Gasteiger partial charge in [0, 0.05) is 7.11 Å². The van der Waals surface area contributed by atoms with Crippen LogP contribution in [0.4, 0.5) is 0 Å². The van der Waals surface area contributed by atoms with Crippen molar-refractivity contribution in [2.24, 2.45) is 0 Å². The molecule has 0 aliphatic carbocycles. The van der Waals surface area contributed by atoms with Crippen molar-refractivity contribution in [3.8, 4) is 0 Å². The molecule has 15 heavy (non-hydrogen) atoms. The van der Waals surface area contributed by atoms with Gasteiger partial charge in [-0.1, -0.05) is 12.1 Å². The van der Waals surface area contributed by atoms with Crippen LogP contribution in [0, 0.1) is 20.8 Å². The smallest absolute Gasteiger partial charge is 0.0720 e. The van der Waals surface area contributed by atoms with E-state index >= 15 is 0 Å². The van der Waals surface area contributed by atoms with Crippen LogP contribution in [-0.2, 0) is 16.1 Å². The molecule has 0 saturated heterocycles. The summed E-state index contributed by atoms with van der Waals surface area (Å²) in [5.74, 6) is 0. The van der Waals surface area contributed by atoms with Crippen molar-refractivity contribution in [2.45, 2.75) is 27.4 Å². The van der Waals surface area contributed by atoms with Gasteiger partial charge in [-0.3, -0.25) is 0 Å². The second-order valence-electron chi connectivity index (χ2n) is 3.91. The lowest BCUT2D eigenvalue weighted by molar-refractivity contribution is 0.0614. The summed E-state index contributed by atoms with van der Waals surface area (Å²) in [6.45, 7) is 8.38. The van der Waals surface area contributed by atoms with Crippen LogP contribution < -0.4 is 0 Å². The summed E-state index contributed by atoms with van der Waals surface area (Å²) in [5, 5.41) is 0. The normalized spacial score (nSPS) is 10.7. The Bertz CT molecular complexity index is 319. The molecule has 0 N–H and O–H groups in total. The number of hydrogen-bond donors (Lipinski definition) is 0. The second-order valence-corrected chi connectivity index (χ2v) is 3.91. The highest BCUT2D eigenvalue weighted by molar-refractivity contribution is 5.35. The zero-order valence-corrected chi connectivity index (χ0v) is 10.1. The Labute approximate surface area is 92.2 Å². The average molecular weight is 208 g/mol. The second kappa shape index (κ2) is 5.89. The van der Waals surface area contributed by atoms with E-state index in [9.17, 15) is 0 Å². The van der Waals surface area contributed by atoms with Gasteiger partial charge in [0.05, 0.1) is 19.8 Å². The van der Waals surface area contributed by atoms with Gasteiger partial charge in [-0.25, -0.2) is 0 Å². The largest absolute Gasteiger partial charge is 0.382 e. The van der Waals surface area contributed by atoms with E-state index in [4.69, 9.17) is 9.47 Å². The summed E-state index contributed by atoms with van der Waals surface area (Å²) in [5.41, 5.74) is 5.24. The fourth-order valence-corrected chi connectivity index (χ4v) is 1.50. The zero-order valence-electron chi connectivity index (χ0n) is 10.1. The highest BCUT2D eigenvalue weighted by Gasteiger charge is 2.01. The fourth-order valence-electron chi connectivity index (χ4n) is 1.50. The quantitative estimate of drug-likeness (QED) is 0.693. The van der Waals surface area contributed by atoms with Crippen molar-refractivity contribution < 1.29 is 9.47 Å². The van der Waals surface area contributed by atoms with Gasteiger partial charge in [-0.15, -0.1) is 0 Å². The molecule has 0 atom stereocenters. The minimum Gasteiger partial charge on any atom is -0.382 e. The van der Waals surface area contributed by atoms with Gasteiger partial charge in [0.2, 0.25) is 0 Å². The maximum atomic E-state index is 5.51. The molecule has 84 valence electrons. The molecule has 0 heterocycles. The van der Waals surface area contributed by atoms with E-state index in [2.05, 4.69) is 32.9 Å². The van der Waals surface area contributed by atoms with Crippen molar-refractivity contribution in [3.63, 3.8) is 0 Å². The first-order valence-corrected chi connectivity index (χ1v) is 5.28. The molecule has 0 unspecified atom stereocenters. The van der Waals surface area contributed by atoms with E-state index in [1.807, 2.05) is 0 Å². The van der Waals surface area contributed by atoms with Gasteiger partial charge >= 0.3 is 0 Å². The Kier molecular flexibility index (Phi) is 4.79. The molecule has 0 aliphatic rings. The lowest BCUT2D eigenvalue weighted by atomic mass is 10.0. The molecule has 1 aromatic carbocycles. The number of hydrogen-bond acceptors (Lipinski definition) is 2. The Morgan fingerprint density at radius 1 is 0.933 bits per heavy atom. The third kappa shape index (κ3) is 3.65. The molecule has 2 nitrogen and oxygen atoms in total. The van der Waals surface area contributed by atoms with Gasteiger partial charge in [-0.2, -0.15) is 0 Å². The van der Waals surface area contributed by atoms with Crippen LogP contribution in [0.5, 0.6) is 0 Å². The third-order valence-electron chi connectivity index (χ3n) is 2.64. The Hall–Kier alpha value is -0.860. The van der Waals surface area contributed by atoms with Gasteiger partial charge in [-0.05, 0) is 43.0 Å². The molecule has 0 aromatic heterocycles. The number of rotatable bonds is 5. The summed E-state index contributed by atoms with van der Waals surface area (Å²) >= 11 is 0. The number of benzene rings is 1. The predicted molar refractivity (Wildman–Crippen MR) is 62.2 cm³/mol. The van der Waals surface area contributed by atoms with Gasteiger partial charge in [0.1, 0.15) is 0 Å². The minimum atomic E-state index is 0.656. The summed E-state index contributed by atoms with van der Waals surface area (Å²) in [7, 11) is 1.69. The molecule has 0 radical (unpaired) electrons. The Balaban J connectivity index is 2.57. The molecule has 0 fully saturated rings. The van der Waals surface area contributed by atoms with E-state index in [-0.39, 0.29) is 0 Å². The molecule has 0 aliphatic heterocycles. The van der Waals surface area contributed by atoms with Crippen LogP contribution >= 0.6 is 0 Å². The van der Waals surface area contributed by atoms with Crippen molar-refractivity contribution in [1.82, 2.24) is 0 Å². The zero-order chi connectivity index (χ0) is 11.3. The topological polar surface area (TPSA) is 18.5 Å². The van der Waals surface area contributed by atoms with Crippen molar-refractivity contribution in [3.05, 3.63) is 34.4 Å². The predicted octanol–water partition coefficient (Wildman–Crippen LogP) is 2.77. The molecule has 1 aromatic rings. The third-order valence-corrected chi connectivity index (χ3v) is 2.64. The van der Waals surface area contributed by atoms with Crippen LogP contribution in [0.15, 0.2) is 12.1 Å². The SMILES string of the molecule is COCCOCc1cc(C)c(C)cc1C. The Morgan fingerprint density at radius 3 is 2.27 bits per heavy atom. The number of ether oxygens (including phenoxy) is 2. The highest BCUT2D eigenvalue weighted by atomic mass is 16.5. The van der Waals surface area contributed by atoms with Gasteiger partial charge in [0.15, 0.2) is 0 Å². The van der Waals surface area contributed by atoms with Crippen LogP contribution in [0.2, 0.25) is 0 Å². The van der Waals surface area contributed by atoms with Crippen LogP contribution in [0.25, 0.3) is 0 Å². The standard InChI is InChI=1S/C13H20O2/c1-10-7-12(3)13(8-11(10)2)9-15-6-5-14-4/h7-8H,5-6,9H2,1-4H3. The van der Waals surface area contributed by atoms with Gasteiger partial charge in [0.25, 0.3) is 0 Å². The van der Waals surface area contributed by atoms with E-state index in [1.54, 1.807) is 7.11 Å². The first-order valence-electron chi connectivity index (χ1n) is 5.28. The van der Waals surface area contributed by atoms with Crippen LogP contribution in [0.3, 0.4) is 0 Å². The summed E-state index contributed by atoms with van der Waals surface area (Å²) in [6.07, 6.45) is 0. The molecule has 0 bridgehead atoms. The highest BCUT2D eigenvalue weighted by Crippen LogP contribution is 2.15. The van der Waals surface area contributed by atoms with E-state index in [0.29, 0.717) is 19.8 Å². The molecule has 0 amide bonds. The summed E-state index contributed by atoms with van der Waals surface area (Å²) < 4.78 is 10.4. The molecule has 0 spiro atoms. The maximum Gasteiger partial charge on any atom is 0.0720 e. The van der Waals surface area contributed by atoms with Crippen LogP contribution in [-0.4, -0.2) is 20.3 Å². The first kappa shape index (κ1) is 12.2. The maximum absolute atomic E-state index is 5.51. The average Bonchev–Trinajstić information content (AvgIpc) is 2.20.